The van der Waals surface area contributed by atoms with Crippen LogP contribution in [0.15, 0.2) is 24.3 Å². The average molecular weight is 514 g/mol. The minimum atomic E-state index is -0.547. The van der Waals surface area contributed by atoms with E-state index in [1.807, 2.05) is 0 Å². The van der Waals surface area contributed by atoms with E-state index in [-0.39, 0.29) is 62.6 Å². The molecule has 4 fully saturated rings. The Morgan fingerprint density at radius 3 is 1.46 bits per heavy atom. The standard InChI is InChI=1S/C25H27N3O9/c1-35-17(30)7-6-16(29)26(8-10-27-22(31)18-12-2-3-13(36-12)19(18)23(27)32)9-11-28-24(33)20-14-4-5-15(37-14)21(20)25(28)34/h2-5,12-15,18-21H,6-11H2,1H3/t12-,13+,14-,15+,18+,19-,20+,21?/m0/s1. The molecule has 12 heteroatoms. The molecular formula is C25H27N3O9. The third-order valence-corrected chi connectivity index (χ3v) is 8.31. The molecular weight excluding hydrogens is 486 g/mol. The van der Waals surface area contributed by atoms with E-state index in [1.54, 1.807) is 24.3 Å². The lowest BCUT2D eigenvalue weighted by Crippen LogP contribution is -2.46. The van der Waals surface area contributed by atoms with Crippen LogP contribution in [0, 0.1) is 23.7 Å². The van der Waals surface area contributed by atoms with Crippen LogP contribution in [0.2, 0.25) is 0 Å². The molecule has 12 nitrogen and oxygen atoms in total. The molecule has 4 saturated heterocycles. The Morgan fingerprint density at radius 1 is 0.730 bits per heavy atom. The first-order chi connectivity index (χ1) is 17.8. The predicted octanol–water partition coefficient (Wildman–Crippen LogP) is -1.35. The maximum Gasteiger partial charge on any atom is 0.306 e. The molecule has 0 saturated carbocycles. The molecule has 0 N–H and O–H groups in total. The van der Waals surface area contributed by atoms with Gasteiger partial charge in [-0.15, -0.1) is 0 Å². The summed E-state index contributed by atoms with van der Waals surface area (Å²) in [4.78, 5) is 80.2. The van der Waals surface area contributed by atoms with Crippen molar-refractivity contribution in [1.82, 2.24) is 14.7 Å². The monoisotopic (exact) mass is 513 g/mol. The van der Waals surface area contributed by atoms with E-state index in [9.17, 15) is 28.8 Å². The summed E-state index contributed by atoms with van der Waals surface area (Å²) in [6, 6.07) is 0. The summed E-state index contributed by atoms with van der Waals surface area (Å²) < 4.78 is 15.9. The summed E-state index contributed by atoms with van der Waals surface area (Å²) >= 11 is 0. The average Bonchev–Trinajstić information content (AvgIpc) is 3.73. The van der Waals surface area contributed by atoms with Crippen molar-refractivity contribution in [1.29, 1.82) is 0 Å². The van der Waals surface area contributed by atoms with Gasteiger partial charge >= 0.3 is 5.97 Å². The van der Waals surface area contributed by atoms with E-state index < -0.39 is 60.0 Å². The Hall–Kier alpha value is -3.38. The Bertz CT molecular complexity index is 1020. The molecule has 1 unspecified atom stereocenters. The Kier molecular flexibility index (Phi) is 5.75. The number of likely N-dealkylation sites (tertiary alicyclic amines) is 2. The third-order valence-electron chi connectivity index (χ3n) is 8.31. The molecule has 196 valence electrons. The summed E-state index contributed by atoms with van der Waals surface area (Å²) in [5, 5.41) is 0. The fourth-order valence-corrected chi connectivity index (χ4v) is 6.44. The number of carbonyl (C=O) groups excluding carboxylic acids is 6. The van der Waals surface area contributed by atoms with Crippen molar-refractivity contribution in [2.75, 3.05) is 33.3 Å². The number of amides is 5. The number of nitrogens with zero attached hydrogens (tertiary/aromatic N) is 3. The lowest BCUT2D eigenvalue weighted by molar-refractivity contribution is -0.145. The minimum absolute atomic E-state index is 0.0134. The summed E-state index contributed by atoms with van der Waals surface area (Å²) in [7, 11) is 1.23. The topological polar surface area (TPSA) is 140 Å². The second kappa shape index (κ2) is 8.88. The van der Waals surface area contributed by atoms with Gasteiger partial charge in [0.15, 0.2) is 0 Å². The molecule has 0 aromatic carbocycles. The maximum atomic E-state index is 13.0. The van der Waals surface area contributed by atoms with Crippen LogP contribution in [0.3, 0.4) is 0 Å². The van der Waals surface area contributed by atoms with Gasteiger partial charge in [-0.3, -0.25) is 38.6 Å². The third kappa shape index (κ3) is 3.64. The SMILES string of the molecule is COC(=O)CCC(=O)N(CCN1C(=O)[C@@H]2[C@H](C1=O)[C@@H]1C=C[C@H]2O1)CCN1C(=O)C2[C@H]3C=C[C@H](O3)[C@H]2C1=O. The molecule has 6 rings (SSSR count). The second-order valence-corrected chi connectivity index (χ2v) is 10.1. The highest BCUT2D eigenvalue weighted by Gasteiger charge is 2.61. The minimum Gasteiger partial charge on any atom is -0.469 e. The van der Waals surface area contributed by atoms with Gasteiger partial charge in [0, 0.05) is 32.6 Å². The van der Waals surface area contributed by atoms with Crippen LogP contribution < -0.4 is 0 Å². The fraction of sp³-hybridized carbons (Fsp3) is 0.600. The predicted molar refractivity (Wildman–Crippen MR) is 121 cm³/mol. The van der Waals surface area contributed by atoms with Gasteiger partial charge in [0.05, 0.1) is 61.6 Å². The van der Waals surface area contributed by atoms with E-state index in [0.717, 1.165) is 0 Å². The van der Waals surface area contributed by atoms with Crippen LogP contribution in [0.1, 0.15) is 12.8 Å². The summed E-state index contributed by atoms with van der Waals surface area (Å²) in [6.07, 6.45) is 5.29. The van der Waals surface area contributed by atoms with E-state index in [2.05, 4.69) is 4.74 Å². The smallest absolute Gasteiger partial charge is 0.306 e. The number of methoxy groups -OCH3 is 1. The van der Waals surface area contributed by atoms with Gasteiger partial charge in [-0.1, -0.05) is 24.3 Å². The second-order valence-electron chi connectivity index (χ2n) is 10.1. The first-order valence-corrected chi connectivity index (χ1v) is 12.5. The van der Waals surface area contributed by atoms with Gasteiger partial charge in [-0.2, -0.15) is 0 Å². The first-order valence-electron chi connectivity index (χ1n) is 12.5. The van der Waals surface area contributed by atoms with Gasteiger partial charge in [-0.05, 0) is 0 Å². The van der Waals surface area contributed by atoms with Crippen LogP contribution in [-0.2, 0) is 43.0 Å². The van der Waals surface area contributed by atoms with Crippen molar-refractivity contribution in [3.63, 3.8) is 0 Å². The number of rotatable bonds is 9. The van der Waals surface area contributed by atoms with E-state index in [0.29, 0.717) is 0 Å². The molecule has 0 aromatic heterocycles. The molecule has 0 aromatic rings. The molecule has 37 heavy (non-hydrogen) atoms. The van der Waals surface area contributed by atoms with Crippen LogP contribution in [0.25, 0.3) is 0 Å². The molecule has 6 heterocycles. The molecule has 0 radical (unpaired) electrons. The number of esters is 1. The van der Waals surface area contributed by atoms with Crippen LogP contribution in [-0.4, -0.2) is 108 Å². The zero-order chi connectivity index (χ0) is 26.0. The number of imide groups is 2. The van der Waals surface area contributed by atoms with Crippen LogP contribution in [0.5, 0.6) is 0 Å². The molecule has 6 aliphatic heterocycles. The highest BCUT2D eigenvalue weighted by molar-refractivity contribution is 6.07. The van der Waals surface area contributed by atoms with Gasteiger partial charge in [0.1, 0.15) is 0 Å². The summed E-state index contributed by atoms with van der Waals surface area (Å²) in [5.41, 5.74) is 0. The van der Waals surface area contributed by atoms with Gasteiger partial charge in [0.25, 0.3) is 0 Å². The van der Waals surface area contributed by atoms with Crippen molar-refractivity contribution >= 4 is 35.5 Å². The molecule has 8 atom stereocenters. The summed E-state index contributed by atoms with van der Waals surface area (Å²) in [5.74, 6) is -4.43. The molecule has 6 aliphatic rings. The molecule has 5 amide bonds. The van der Waals surface area contributed by atoms with Gasteiger partial charge in [-0.25, -0.2) is 0 Å². The van der Waals surface area contributed by atoms with Gasteiger partial charge in [0.2, 0.25) is 29.5 Å². The Balaban J connectivity index is 1.12. The van der Waals surface area contributed by atoms with Gasteiger partial charge < -0.3 is 19.1 Å². The molecule has 4 bridgehead atoms. The normalized spacial score (nSPS) is 36.2. The number of carbonyl (C=O) groups is 6. The number of ether oxygens (including phenoxy) is 3. The fourth-order valence-electron chi connectivity index (χ4n) is 6.44. The van der Waals surface area contributed by atoms with E-state index in [4.69, 9.17) is 9.47 Å². The van der Waals surface area contributed by atoms with Crippen molar-refractivity contribution in [3.05, 3.63) is 24.3 Å². The number of fused-ring (bicyclic) bond motifs is 10. The largest absolute Gasteiger partial charge is 0.469 e. The highest BCUT2D eigenvalue weighted by Crippen LogP contribution is 2.46. The zero-order valence-corrected chi connectivity index (χ0v) is 20.2. The lowest BCUT2D eigenvalue weighted by Gasteiger charge is -2.27. The number of hydrogen-bond donors (Lipinski definition) is 0. The number of hydrogen-bond acceptors (Lipinski definition) is 9. The van der Waals surface area contributed by atoms with Crippen molar-refractivity contribution in [3.8, 4) is 0 Å². The zero-order valence-electron chi connectivity index (χ0n) is 20.2. The van der Waals surface area contributed by atoms with Crippen LogP contribution in [0.4, 0.5) is 0 Å². The van der Waals surface area contributed by atoms with Crippen molar-refractivity contribution < 1.29 is 43.0 Å². The quantitative estimate of drug-likeness (QED) is 0.208. The first kappa shape index (κ1) is 24.0. The maximum absolute atomic E-state index is 13.0. The van der Waals surface area contributed by atoms with Crippen LogP contribution >= 0.6 is 0 Å². The Morgan fingerprint density at radius 2 is 1.11 bits per heavy atom. The van der Waals surface area contributed by atoms with Crippen molar-refractivity contribution in [2.45, 2.75) is 37.3 Å². The van der Waals surface area contributed by atoms with E-state index in [1.165, 1.54) is 21.8 Å². The Labute approximate surface area is 212 Å². The summed E-state index contributed by atoms with van der Waals surface area (Å²) in [6.45, 7) is -0.0225. The van der Waals surface area contributed by atoms with E-state index >= 15 is 0 Å². The molecule has 0 aliphatic carbocycles. The highest BCUT2D eigenvalue weighted by atomic mass is 16.5. The lowest BCUT2D eigenvalue weighted by atomic mass is 9.85. The molecule has 0 spiro atoms. The van der Waals surface area contributed by atoms with Crippen molar-refractivity contribution in [2.24, 2.45) is 23.7 Å².